The van der Waals surface area contributed by atoms with E-state index in [2.05, 4.69) is 9.97 Å². The van der Waals surface area contributed by atoms with E-state index in [1.165, 1.54) is 0 Å². The van der Waals surface area contributed by atoms with E-state index in [0.717, 1.165) is 29.7 Å². The first-order valence-corrected chi connectivity index (χ1v) is 6.95. The zero-order valence-electron chi connectivity index (χ0n) is 10.3. The van der Waals surface area contributed by atoms with Gasteiger partial charge in [-0.1, -0.05) is 0 Å². The molecule has 19 heavy (non-hydrogen) atoms. The number of hydrogen-bond donors (Lipinski definition) is 2. The predicted molar refractivity (Wildman–Crippen MR) is 75.9 cm³/mol. The van der Waals surface area contributed by atoms with Crippen LogP contribution in [0.4, 0.5) is 5.69 Å². The van der Waals surface area contributed by atoms with Gasteiger partial charge in [-0.3, -0.25) is 0 Å². The van der Waals surface area contributed by atoms with E-state index in [1.54, 1.807) is 11.3 Å². The van der Waals surface area contributed by atoms with Gasteiger partial charge in [0.2, 0.25) is 0 Å². The van der Waals surface area contributed by atoms with Crippen LogP contribution in [-0.4, -0.2) is 19.6 Å². The van der Waals surface area contributed by atoms with Gasteiger partial charge in [-0.05, 0) is 18.2 Å². The average Bonchev–Trinajstić information content (AvgIpc) is 3.02. The van der Waals surface area contributed by atoms with Crippen molar-refractivity contribution >= 4 is 28.1 Å². The Morgan fingerprint density at radius 2 is 2.26 bits per heavy atom. The number of nitrogens with two attached hydrogens (primary N) is 1. The highest BCUT2D eigenvalue weighted by atomic mass is 32.1. The fourth-order valence-electron chi connectivity index (χ4n) is 2.15. The van der Waals surface area contributed by atoms with E-state index < -0.39 is 0 Å². The third-order valence-corrected chi connectivity index (χ3v) is 3.70. The van der Waals surface area contributed by atoms with Gasteiger partial charge in [0, 0.05) is 24.0 Å². The van der Waals surface area contributed by atoms with Crippen molar-refractivity contribution < 1.29 is 5.11 Å². The summed E-state index contributed by atoms with van der Waals surface area (Å²) in [5.41, 5.74) is 11.1. The van der Waals surface area contributed by atoms with Gasteiger partial charge in [-0.25, -0.2) is 9.97 Å². The number of aryl methyl sites for hydroxylation is 2. The maximum Gasteiger partial charge on any atom is 0.135 e. The van der Waals surface area contributed by atoms with Crippen molar-refractivity contribution in [2.24, 2.45) is 0 Å². The molecule has 0 atom stereocenters. The predicted octanol–water partition coefficient (Wildman–Crippen LogP) is 1.81. The molecule has 3 aromatic rings. The molecule has 3 rings (SSSR count). The molecule has 0 aliphatic carbocycles. The second-order valence-electron chi connectivity index (χ2n) is 4.32. The molecule has 3 N–H and O–H groups in total. The Bertz CT molecular complexity index is 690. The Balaban J connectivity index is 1.96. The maximum atomic E-state index is 9.42. The number of thiazole rings is 1. The molecule has 0 bridgehead atoms. The molecule has 0 saturated heterocycles. The summed E-state index contributed by atoms with van der Waals surface area (Å²) in [5, 5.41) is 11.5. The van der Waals surface area contributed by atoms with Crippen LogP contribution < -0.4 is 5.73 Å². The number of aromatic nitrogens is 3. The number of anilines is 1. The van der Waals surface area contributed by atoms with Crippen LogP contribution in [0, 0.1) is 0 Å². The number of hydrogen-bond acceptors (Lipinski definition) is 5. The molecule has 0 fully saturated rings. The lowest BCUT2D eigenvalue weighted by molar-refractivity contribution is 0.266. The van der Waals surface area contributed by atoms with Crippen molar-refractivity contribution in [2.45, 2.75) is 19.6 Å². The second kappa shape index (κ2) is 4.99. The number of fused-ring (bicyclic) bond motifs is 1. The molecular weight excluding hydrogens is 260 g/mol. The van der Waals surface area contributed by atoms with Crippen LogP contribution >= 0.6 is 11.3 Å². The van der Waals surface area contributed by atoms with E-state index in [9.17, 15) is 5.11 Å². The monoisotopic (exact) mass is 274 g/mol. The molecule has 0 aliphatic heterocycles. The Labute approximate surface area is 114 Å². The van der Waals surface area contributed by atoms with Crippen LogP contribution in [0.1, 0.15) is 11.5 Å². The quantitative estimate of drug-likeness (QED) is 0.711. The van der Waals surface area contributed by atoms with Gasteiger partial charge in [-0.15, -0.1) is 11.3 Å². The fraction of sp³-hybridized carbons (Fsp3) is 0.231. The Hall–Kier alpha value is -1.92. The van der Waals surface area contributed by atoms with Gasteiger partial charge in [0.05, 0.1) is 22.2 Å². The highest BCUT2D eigenvalue weighted by Crippen LogP contribution is 2.20. The highest BCUT2D eigenvalue weighted by molar-refractivity contribution is 7.07. The first-order valence-electron chi connectivity index (χ1n) is 6.00. The van der Waals surface area contributed by atoms with Crippen LogP contribution in [0.5, 0.6) is 0 Å². The van der Waals surface area contributed by atoms with E-state index in [0.29, 0.717) is 11.5 Å². The largest absolute Gasteiger partial charge is 0.399 e. The lowest BCUT2D eigenvalue weighted by Crippen LogP contribution is -2.06. The topological polar surface area (TPSA) is 77.0 Å². The highest BCUT2D eigenvalue weighted by Gasteiger charge is 2.10. The summed E-state index contributed by atoms with van der Waals surface area (Å²) in [7, 11) is 0. The van der Waals surface area contributed by atoms with Gasteiger partial charge in [0.1, 0.15) is 12.4 Å². The summed E-state index contributed by atoms with van der Waals surface area (Å²) >= 11 is 1.59. The van der Waals surface area contributed by atoms with Crippen molar-refractivity contribution in [3.8, 4) is 0 Å². The SMILES string of the molecule is Nc1ccc2c(c1)nc(CO)n2CCc1cscn1. The second-order valence-corrected chi connectivity index (χ2v) is 5.03. The Morgan fingerprint density at radius 1 is 1.37 bits per heavy atom. The molecule has 0 spiro atoms. The van der Waals surface area contributed by atoms with Crippen LogP contribution in [0.25, 0.3) is 11.0 Å². The average molecular weight is 274 g/mol. The van der Waals surface area contributed by atoms with E-state index >= 15 is 0 Å². The van der Waals surface area contributed by atoms with Crippen LogP contribution in [0.15, 0.2) is 29.1 Å². The van der Waals surface area contributed by atoms with Crippen LogP contribution in [0.2, 0.25) is 0 Å². The van der Waals surface area contributed by atoms with E-state index in [-0.39, 0.29) is 6.61 Å². The number of aliphatic hydroxyl groups excluding tert-OH is 1. The summed E-state index contributed by atoms with van der Waals surface area (Å²) < 4.78 is 2.02. The van der Waals surface area contributed by atoms with Gasteiger partial charge < -0.3 is 15.4 Å². The van der Waals surface area contributed by atoms with Crippen LogP contribution in [0.3, 0.4) is 0 Å². The number of benzene rings is 1. The molecule has 0 aliphatic rings. The zero-order valence-corrected chi connectivity index (χ0v) is 11.1. The molecule has 2 aromatic heterocycles. The molecule has 1 aromatic carbocycles. The minimum Gasteiger partial charge on any atom is -0.399 e. The normalized spacial score (nSPS) is 11.2. The molecule has 6 heteroatoms. The Kier molecular flexibility index (Phi) is 3.18. The third-order valence-electron chi connectivity index (χ3n) is 3.07. The molecule has 2 heterocycles. The standard InChI is InChI=1S/C13H14N4OS/c14-9-1-2-12-11(5-9)16-13(6-18)17(12)4-3-10-7-19-8-15-10/h1-2,5,7-8,18H,3-4,6,14H2. The van der Waals surface area contributed by atoms with Gasteiger partial charge >= 0.3 is 0 Å². The van der Waals surface area contributed by atoms with Crippen molar-refractivity contribution in [3.05, 3.63) is 40.6 Å². The molecule has 5 nitrogen and oxygen atoms in total. The summed E-state index contributed by atoms with van der Waals surface area (Å²) in [5.74, 6) is 0.663. The lowest BCUT2D eigenvalue weighted by Gasteiger charge is -2.06. The van der Waals surface area contributed by atoms with Crippen molar-refractivity contribution in [3.63, 3.8) is 0 Å². The van der Waals surface area contributed by atoms with E-state index in [4.69, 9.17) is 5.73 Å². The number of imidazole rings is 1. The summed E-state index contributed by atoms with van der Waals surface area (Å²) in [6, 6.07) is 5.62. The first-order chi connectivity index (χ1) is 9.28. The van der Waals surface area contributed by atoms with Crippen molar-refractivity contribution in [1.82, 2.24) is 14.5 Å². The van der Waals surface area contributed by atoms with Gasteiger partial charge in [0.25, 0.3) is 0 Å². The number of nitrogen functional groups attached to an aromatic ring is 1. The maximum absolute atomic E-state index is 9.42. The van der Waals surface area contributed by atoms with Crippen molar-refractivity contribution in [2.75, 3.05) is 5.73 Å². The van der Waals surface area contributed by atoms with Gasteiger partial charge in [-0.2, -0.15) is 0 Å². The number of nitrogens with zero attached hydrogens (tertiary/aromatic N) is 3. The van der Waals surface area contributed by atoms with Crippen LogP contribution in [-0.2, 0) is 19.6 Å². The smallest absolute Gasteiger partial charge is 0.135 e. The van der Waals surface area contributed by atoms with E-state index in [1.807, 2.05) is 33.7 Å². The number of aliphatic hydroxyl groups is 1. The lowest BCUT2D eigenvalue weighted by atomic mass is 10.2. The summed E-state index contributed by atoms with van der Waals surface area (Å²) in [6.07, 6.45) is 0.826. The van der Waals surface area contributed by atoms with Crippen molar-refractivity contribution in [1.29, 1.82) is 0 Å². The minimum atomic E-state index is -0.0777. The minimum absolute atomic E-state index is 0.0777. The number of rotatable bonds is 4. The fourth-order valence-corrected chi connectivity index (χ4v) is 2.75. The molecule has 98 valence electrons. The first kappa shape index (κ1) is 12.1. The molecule has 0 amide bonds. The molecular formula is C13H14N4OS. The molecule has 0 radical (unpaired) electrons. The van der Waals surface area contributed by atoms with Gasteiger partial charge in [0.15, 0.2) is 0 Å². The third kappa shape index (κ3) is 2.32. The zero-order chi connectivity index (χ0) is 13.2. The summed E-state index contributed by atoms with van der Waals surface area (Å²) in [4.78, 5) is 8.67. The summed E-state index contributed by atoms with van der Waals surface area (Å²) in [6.45, 7) is 0.672. The Morgan fingerprint density at radius 3 is 3.00 bits per heavy atom. The molecule has 0 unspecified atom stereocenters. The molecule has 0 saturated carbocycles.